The lowest BCUT2D eigenvalue weighted by Crippen LogP contribution is -2.17. The Morgan fingerprint density at radius 3 is 1.67 bits per heavy atom. The lowest BCUT2D eigenvalue weighted by molar-refractivity contribution is 0.422. The summed E-state index contributed by atoms with van der Waals surface area (Å²) in [5.74, 6) is 0.359. The predicted octanol–water partition coefficient (Wildman–Crippen LogP) is 4.56. The van der Waals surface area contributed by atoms with Gasteiger partial charge in [-0.05, 0) is 34.7 Å². The summed E-state index contributed by atoms with van der Waals surface area (Å²) in [6.45, 7) is 12.4. The van der Waals surface area contributed by atoms with Crippen LogP contribution in [0, 0.1) is 10.7 Å². The number of nitriles is 1. The van der Waals surface area contributed by atoms with E-state index in [2.05, 4.69) is 46.9 Å². The minimum atomic E-state index is -0.143. The number of nitrogens with zero attached hydrogens (tertiary/aromatic N) is 1. The highest BCUT2D eigenvalue weighted by molar-refractivity contribution is 8.03. The summed E-state index contributed by atoms with van der Waals surface area (Å²) >= 11 is 1.14. The van der Waals surface area contributed by atoms with Crippen LogP contribution in [0.25, 0.3) is 0 Å². The Labute approximate surface area is 114 Å². The van der Waals surface area contributed by atoms with Crippen LogP contribution in [0.15, 0.2) is 17.0 Å². The summed E-state index contributed by atoms with van der Waals surface area (Å²) in [6, 6.07) is 3.83. The number of hydrogen-bond donors (Lipinski definition) is 1. The van der Waals surface area contributed by atoms with E-state index in [9.17, 15) is 5.11 Å². The molecule has 3 heteroatoms. The number of benzene rings is 1. The van der Waals surface area contributed by atoms with Crippen LogP contribution in [0.4, 0.5) is 0 Å². The summed E-state index contributed by atoms with van der Waals surface area (Å²) in [5, 5.41) is 21.4. The topological polar surface area (TPSA) is 44.0 Å². The highest BCUT2D eigenvalue weighted by Gasteiger charge is 2.26. The lowest BCUT2D eigenvalue weighted by Gasteiger charge is -2.27. The Morgan fingerprint density at radius 1 is 1.00 bits per heavy atom. The highest BCUT2D eigenvalue weighted by atomic mass is 32.2. The average molecular weight is 263 g/mol. The third-order valence-electron chi connectivity index (χ3n) is 2.86. The second-order valence-corrected chi connectivity index (χ2v) is 7.42. The maximum atomic E-state index is 10.5. The van der Waals surface area contributed by atoms with Gasteiger partial charge in [0.2, 0.25) is 0 Å². The molecule has 0 fully saturated rings. The molecule has 1 N–H and O–H groups in total. The molecule has 0 spiro atoms. The molecule has 18 heavy (non-hydrogen) atoms. The number of aromatic hydroxyl groups is 1. The van der Waals surface area contributed by atoms with Crippen LogP contribution in [0.1, 0.15) is 52.7 Å². The van der Waals surface area contributed by atoms with Gasteiger partial charge >= 0.3 is 0 Å². The van der Waals surface area contributed by atoms with Crippen molar-refractivity contribution in [3.63, 3.8) is 0 Å². The third kappa shape index (κ3) is 3.20. The largest absolute Gasteiger partial charge is 0.507 e. The Kier molecular flexibility index (Phi) is 4.02. The van der Waals surface area contributed by atoms with Crippen LogP contribution in [0.5, 0.6) is 5.75 Å². The van der Waals surface area contributed by atoms with E-state index >= 15 is 0 Å². The van der Waals surface area contributed by atoms with Gasteiger partial charge in [0.15, 0.2) is 0 Å². The molecule has 0 radical (unpaired) electrons. The van der Waals surface area contributed by atoms with Crippen LogP contribution < -0.4 is 0 Å². The van der Waals surface area contributed by atoms with Crippen LogP contribution in [-0.2, 0) is 10.8 Å². The first-order valence-corrected chi connectivity index (χ1v) is 6.83. The van der Waals surface area contributed by atoms with E-state index in [0.717, 1.165) is 27.8 Å². The molecule has 0 aliphatic rings. The fourth-order valence-electron chi connectivity index (χ4n) is 1.86. The first-order valence-electron chi connectivity index (χ1n) is 6.01. The predicted molar refractivity (Wildman–Crippen MR) is 77.0 cm³/mol. The van der Waals surface area contributed by atoms with E-state index in [1.807, 2.05) is 12.1 Å². The Bertz CT molecular complexity index is 452. The molecule has 0 aromatic heterocycles. The molecule has 0 aliphatic carbocycles. The van der Waals surface area contributed by atoms with Gasteiger partial charge in [0, 0.05) is 16.0 Å². The first-order chi connectivity index (χ1) is 8.07. The van der Waals surface area contributed by atoms with E-state index in [-0.39, 0.29) is 10.8 Å². The third-order valence-corrected chi connectivity index (χ3v) is 3.43. The molecule has 98 valence electrons. The minimum absolute atomic E-state index is 0.143. The van der Waals surface area contributed by atoms with Crippen molar-refractivity contribution in [2.24, 2.45) is 0 Å². The molecule has 0 atom stereocenters. The zero-order chi connectivity index (χ0) is 14.1. The van der Waals surface area contributed by atoms with Gasteiger partial charge in [-0.25, -0.2) is 0 Å². The van der Waals surface area contributed by atoms with E-state index in [1.165, 1.54) is 0 Å². The van der Waals surface area contributed by atoms with Crippen molar-refractivity contribution in [2.45, 2.75) is 57.3 Å². The minimum Gasteiger partial charge on any atom is -0.507 e. The van der Waals surface area contributed by atoms with Crippen LogP contribution in [-0.4, -0.2) is 5.11 Å². The van der Waals surface area contributed by atoms with E-state index in [1.54, 1.807) is 0 Å². The van der Waals surface area contributed by atoms with Crippen molar-refractivity contribution in [3.8, 4) is 11.2 Å². The summed E-state index contributed by atoms with van der Waals surface area (Å²) in [4.78, 5) is 0.894. The van der Waals surface area contributed by atoms with Gasteiger partial charge in [-0.1, -0.05) is 41.5 Å². The van der Waals surface area contributed by atoms with Gasteiger partial charge < -0.3 is 5.11 Å². The maximum Gasteiger partial charge on any atom is 0.138 e. The second-order valence-electron chi connectivity index (χ2n) is 6.56. The van der Waals surface area contributed by atoms with Crippen molar-refractivity contribution in [1.82, 2.24) is 0 Å². The molecule has 0 saturated heterocycles. The van der Waals surface area contributed by atoms with Gasteiger partial charge in [-0.15, -0.1) is 0 Å². The highest BCUT2D eigenvalue weighted by Crippen LogP contribution is 2.41. The number of hydrogen-bond acceptors (Lipinski definition) is 3. The van der Waals surface area contributed by atoms with E-state index in [4.69, 9.17) is 5.26 Å². The molecular formula is C15H21NOS. The molecule has 0 aliphatic heterocycles. The quantitative estimate of drug-likeness (QED) is 0.596. The number of phenolic OH excluding ortho intramolecular Hbond substituents is 1. The van der Waals surface area contributed by atoms with Crippen molar-refractivity contribution >= 4 is 11.8 Å². The molecule has 1 aromatic rings. The van der Waals surface area contributed by atoms with Crippen molar-refractivity contribution < 1.29 is 5.11 Å². The molecule has 0 bridgehead atoms. The monoisotopic (exact) mass is 263 g/mol. The normalized spacial score (nSPS) is 12.3. The molecule has 0 amide bonds. The van der Waals surface area contributed by atoms with Crippen LogP contribution in [0.3, 0.4) is 0 Å². The van der Waals surface area contributed by atoms with Gasteiger partial charge in [0.1, 0.15) is 11.2 Å². The fourth-order valence-corrected chi connectivity index (χ4v) is 2.32. The van der Waals surface area contributed by atoms with Gasteiger partial charge in [-0.2, -0.15) is 5.26 Å². The standard InChI is InChI=1S/C15H21NOS/c1-14(2,3)11-7-10(18-9-16)8-12(13(11)17)15(4,5)6/h7-8,17H,1-6H3. The summed E-state index contributed by atoms with van der Waals surface area (Å²) < 4.78 is 0. The van der Waals surface area contributed by atoms with Crippen molar-refractivity contribution in [1.29, 1.82) is 5.26 Å². The van der Waals surface area contributed by atoms with Gasteiger partial charge in [0.25, 0.3) is 0 Å². The lowest BCUT2D eigenvalue weighted by atomic mass is 9.79. The molecule has 1 rings (SSSR count). The van der Waals surface area contributed by atoms with Crippen molar-refractivity contribution in [2.75, 3.05) is 0 Å². The SMILES string of the molecule is CC(C)(C)c1cc(SC#N)cc(C(C)(C)C)c1O. The Balaban J connectivity index is 3.55. The van der Waals surface area contributed by atoms with E-state index < -0.39 is 0 Å². The van der Waals surface area contributed by atoms with Gasteiger partial charge in [0.05, 0.1) is 0 Å². The smallest absolute Gasteiger partial charge is 0.138 e. The first kappa shape index (κ1) is 14.9. The number of rotatable bonds is 1. The summed E-state index contributed by atoms with van der Waals surface area (Å²) in [7, 11) is 0. The molecule has 1 aromatic carbocycles. The maximum absolute atomic E-state index is 10.5. The number of thioether (sulfide) groups is 1. The number of thiocyanates is 1. The molecule has 2 nitrogen and oxygen atoms in total. The zero-order valence-electron chi connectivity index (χ0n) is 12.0. The fraction of sp³-hybridized carbons (Fsp3) is 0.533. The second kappa shape index (κ2) is 4.85. The summed E-state index contributed by atoms with van der Waals surface area (Å²) in [6.07, 6.45) is 0. The molecular weight excluding hydrogens is 242 g/mol. The molecule has 0 unspecified atom stereocenters. The molecule has 0 heterocycles. The van der Waals surface area contributed by atoms with Crippen LogP contribution >= 0.6 is 11.8 Å². The Hall–Kier alpha value is -1.14. The van der Waals surface area contributed by atoms with Crippen LogP contribution in [0.2, 0.25) is 0 Å². The number of phenols is 1. The summed E-state index contributed by atoms with van der Waals surface area (Å²) in [5.41, 5.74) is 1.51. The van der Waals surface area contributed by atoms with E-state index in [0.29, 0.717) is 5.75 Å². The average Bonchev–Trinajstić information content (AvgIpc) is 2.17. The zero-order valence-corrected chi connectivity index (χ0v) is 12.8. The van der Waals surface area contributed by atoms with Gasteiger partial charge in [-0.3, -0.25) is 0 Å². The Morgan fingerprint density at radius 2 is 1.39 bits per heavy atom. The van der Waals surface area contributed by atoms with Crippen molar-refractivity contribution in [3.05, 3.63) is 23.3 Å². The molecule has 0 saturated carbocycles.